The molecule has 0 fully saturated rings. The minimum absolute atomic E-state index is 0.278. The quantitative estimate of drug-likeness (QED) is 0.175. The van der Waals surface area contributed by atoms with Gasteiger partial charge >= 0.3 is 5.97 Å². The Morgan fingerprint density at radius 3 is 2.72 bits per heavy atom. The molecular weight excluding hydrogens is 503 g/mol. The Labute approximate surface area is 213 Å². The van der Waals surface area contributed by atoms with Crippen LogP contribution in [0.15, 0.2) is 82.9 Å². The number of rotatable bonds is 6. The number of methoxy groups -OCH3 is 1. The molecule has 0 unspecified atom stereocenters. The van der Waals surface area contributed by atoms with Crippen LogP contribution in [-0.4, -0.2) is 27.7 Å². The van der Waals surface area contributed by atoms with Gasteiger partial charge in [0.2, 0.25) is 0 Å². The summed E-state index contributed by atoms with van der Waals surface area (Å²) in [7, 11) is 1.29. The number of thioether (sulfide) groups is 1. The average molecular weight is 521 g/mol. The molecule has 5 rings (SSSR count). The first-order valence-electron chi connectivity index (χ1n) is 10.8. The van der Waals surface area contributed by atoms with Crippen LogP contribution >= 0.6 is 23.4 Å². The summed E-state index contributed by atoms with van der Waals surface area (Å²) < 4.78 is 19.8. The van der Waals surface area contributed by atoms with Gasteiger partial charge in [-0.2, -0.15) is 4.68 Å². The molecule has 0 saturated heterocycles. The summed E-state index contributed by atoms with van der Waals surface area (Å²) >= 11 is 7.37. The number of halogens is 2. The molecule has 180 valence electrons. The minimum Gasteiger partial charge on any atom is -0.465 e. The Balaban J connectivity index is 1.63. The van der Waals surface area contributed by atoms with Crippen molar-refractivity contribution in [2.24, 2.45) is 0 Å². The first kappa shape index (κ1) is 23.8. The van der Waals surface area contributed by atoms with E-state index < -0.39 is 5.97 Å². The van der Waals surface area contributed by atoms with E-state index in [-0.39, 0.29) is 16.9 Å². The van der Waals surface area contributed by atoms with E-state index in [0.717, 1.165) is 10.9 Å². The summed E-state index contributed by atoms with van der Waals surface area (Å²) in [6, 6.07) is 17.8. The van der Waals surface area contributed by atoms with Crippen LogP contribution in [0.4, 0.5) is 10.1 Å². The normalized spacial score (nSPS) is 11.1. The van der Waals surface area contributed by atoms with Crippen molar-refractivity contribution >= 4 is 56.8 Å². The average Bonchev–Trinajstić information content (AvgIpc) is 2.88. The van der Waals surface area contributed by atoms with Crippen molar-refractivity contribution in [3.63, 3.8) is 0 Å². The van der Waals surface area contributed by atoms with E-state index in [2.05, 4.69) is 15.4 Å². The lowest BCUT2D eigenvalue weighted by Crippen LogP contribution is -2.29. The lowest BCUT2D eigenvalue weighted by Gasteiger charge is -2.16. The maximum atomic E-state index is 13.7. The molecule has 1 N–H and O–H groups in total. The zero-order chi connectivity index (χ0) is 25.2. The minimum atomic E-state index is -0.531. The van der Waals surface area contributed by atoms with Crippen molar-refractivity contribution in [2.45, 2.75) is 10.9 Å². The van der Waals surface area contributed by atoms with Crippen LogP contribution in [-0.2, 0) is 10.5 Å². The number of hydrogen-bond donors (Lipinski definition) is 1. The molecule has 10 heteroatoms. The van der Waals surface area contributed by atoms with Gasteiger partial charge in [0.25, 0.3) is 5.56 Å². The third-order valence-corrected chi connectivity index (χ3v) is 6.70. The van der Waals surface area contributed by atoms with Crippen molar-refractivity contribution in [2.75, 3.05) is 12.5 Å². The van der Waals surface area contributed by atoms with E-state index >= 15 is 0 Å². The fourth-order valence-corrected chi connectivity index (χ4v) is 4.78. The highest BCUT2D eigenvalue weighted by molar-refractivity contribution is 7.98. The van der Waals surface area contributed by atoms with Gasteiger partial charge in [-0.3, -0.25) is 15.2 Å². The molecular formula is C26H18ClFN4O3S. The van der Waals surface area contributed by atoms with Crippen LogP contribution in [0.5, 0.6) is 0 Å². The molecule has 0 aliphatic rings. The van der Waals surface area contributed by atoms with Gasteiger partial charge in [0.1, 0.15) is 5.82 Å². The number of hydrogen-bond acceptors (Lipinski definition) is 7. The van der Waals surface area contributed by atoms with Gasteiger partial charge in [-0.1, -0.05) is 35.5 Å². The molecule has 3 aromatic carbocycles. The molecule has 0 amide bonds. The van der Waals surface area contributed by atoms with Gasteiger partial charge in [0.15, 0.2) is 5.16 Å². The number of benzene rings is 3. The summed E-state index contributed by atoms with van der Waals surface area (Å²) in [5.74, 6) is -0.516. The van der Waals surface area contributed by atoms with Gasteiger partial charge in [-0.05, 0) is 60.2 Å². The predicted molar refractivity (Wildman–Crippen MR) is 139 cm³/mol. The molecule has 0 aliphatic carbocycles. The van der Waals surface area contributed by atoms with Crippen molar-refractivity contribution in [1.82, 2.24) is 14.6 Å². The van der Waals surface area contributed by atoms with Crippen LogP contribution < -0.4 is 11.0 Å². The number of aromatic nitrogens is 3. The van der Waals surface area contributed by atoms with Crippen molar-refractivity contribution in [3.05, 3.63) is 105 Å². The van der Waals surface area contributed by atoms with E-state index in [9.17, 15) is 14.0 Å². The van der Waals surface area contributed by atoms with Gasteiger partial charge in [0, 0.05) is 22.4 Å². The number of carbonyl (C=O) groups excluding carboxylic acids is 1. The number of esters is 1. The summed E-state index contributed by atoms with van der Waals surface area (Å²) in [6.45, 7) is 0. The van der Waals surface area contributed by atoms with Crippen LogP contribution in [0.3, 0.4) is 0 Å². The first-order valence-corrected chi connectivity index (χ1v) is 12.1. The molecule has 36 heavy (non-hydrogen) atoms. The van der Waals surface area contributed by atoms with Crippen molar-refractivity contribution in [1.29, 1.82) is 0 Å². The molecule has 0 aliphatic heterocycles. The van der Waals surface area contributed by atoms with E-state index in [0.29, 0.717) is 38.0 Å². The Morgan fingerprint density at radius 2 is 1.92 bits per heavy atom. The maximum absolute atomic E-state index is 13.7. The second-order valence-electron chi connectivity index (χ2n) is 7.81. The summed E-state index contributed by atoms with van der Waals surface area (Å²) in [5, 5.41) is 1.95. The maximum Gasteiger partial charge on any atom is 0.337 e. The second-order valence-corrected chi connectivity index (χ2v) is 9.19. The summed E-state index contributed by atoms with van der Waals surface area (Å²) in [4.78, 5) is 34.6. The van der Waals surface area contributed by atoms with Crippen LogP contribution in [0.2, 0.25) is 5.02 Å². The lowest BCUT2D eigenvalue weighted by molar-refractivity contribution is 0.0601. The third kappa shape index (κ3) is 4.75. The van der Waals surface area contributed by atoms with E-state index in [1.807, 2.05) is 6.07 Å². The molecule has 0 atom stereocenters. The number of carbonyl (C=O) groups is 1. The molecule has 0 spiro atoms. The zero-order valence-corrected chi connectivity index (χ0v) is 20.4. The van der Waals surface area contributed by atoms with Gasteiger partial charge < -0.3 is 4.74 Å². The van der Waals surface area contributed by atoms with E-state index in [4.69, 9.17) is 16.3 Å². The SMILES string of the molecule is COC(=O)c1ccc2c(=O)n(Nc3ccnc4cc(Cl)ccc34)c(SCc3cccc(F)c3)nc2c1. The Morgan fingerprint density at radius 1 is 1.08 bits per heavy atom. The fourth-order valence-electron chi connectivity index (χ4n) is 3.72. The highest BCUT2D eigenvalue weighted by atomic mass is 35.5. The summed E-state index contributed by atoms with van der Waals surface area (Å²) in [5.41, 5.74) is 5.43. The molecule has 0 radical (unpaired) electrons. The van der Waals surface area contributed by atoms with Crippen LogP contribution in [0.1, 0.15) is 15.9 Å². The van der Waals surface area contributed by atoms with E-state index in [1.165, 1.54) is 47.8 Å². The highest BCUT2D eigenvalue weighted by Crippen LogP contribution is 2.27. The van der Waals surface area contributed by atoms with Gasteiger partial charge in [-0.25, -0.2) is 14.2 Å². The number of ether oxygens (including phenoxy) is 1. The number of nitrogens with one attached hydrogen (secondary N) is 1. The standard InChI is InChI=1S/C26H18ClFN4O3S/c1-35-25(34)16-5-7-20-23(12-16)30-26(36-14-15-3-2-4-18(28)11-15)32(24(20)33)31-21-9-10-29-22-13-17(27)6-8-19(21)22/h2-13H,14H2,1H3,(H,29,31). The van der Waals surface area contributed by atoms with Gasteiger partial charge in [-0.15, -0.1) is 0 Å². The first-order chi connectivity index (χ1) is 17.4. The smallest absolute Gasteiger partial charge is 0.337 e. The second kappa shape index (κ2) is 9.96. The molecule has 0 bridgehead atoms. The number of fused-ring (bicyclic) bond motifs is 2. The molecule has 2 heterocycles. The topological polar surface area (TPSA) is 86.1 Å². The van der Waals surface area contributed by atoms with Gasteiger partial charge in [0.05, 0.1) is 34.8 Å². The number of nitrogens with zero attached hydrogens (tertiary/aromatic N) is 3. The Hall–Kier alpha value is -3.95. The van der Waals surface area contributed by atoms with Crippen LogP contribution in [0, 0.1) is 5.82 Å². The monoisotopic (exact) mass is 520 g/mol. The third-order valence-electron chi connectivity index (χ3n) is 5.45. The summed E-state index contributed by atoms with van der Waals surface area (Å²) in [6.07, 6.45) is 1.61. The molecule has 5 aromatic rings. The highest BCUT2D eigenvalue weighted by Gasteiger charge is 2.16. The predicted octanol–water partition coefficient (Wildman–Crippen LogP) is 5.69. The largest absolute Gasteiger partial charge is 0.465 e. The Bertz CT molecular complexity index is 1690. The van der Waals surface area contributed by atoms with Crippen molar-refractivity contribution < 1.29 is 13.9 Å². The molecule has 7 nitrogen and oxygen atoms in total. The van der Waals surface area contributed by atoms with Crippen molar-refractivity contribution in [3.8, 4) is 0 Å². The Kier molecular flexibility index (Phi) is 6.58. The molecule has 0 saturated carbocycles. The number of anilines is 1. The molecule has 2 aromatic heterocycles. The zero-order valence-electron chi connectivity index (χ0n) is 18.9. The lowest BCUT2D eigenvalue weighted by atomic mass is 10.1. The van der Waals surface area contributed by atoms with E-state index in [1.54, 1.807) is 42.6 Å². The number of pyridine rings is 1. The fraction of sp³-hybridized carbons (Fsp3) is 0.0769. The van der Waals surface area contributed by atoms with Crippen LogP contribution in [0.25, 0.3) is 21.8 Å².